The van der Waals surface area contributed by atoms with Crippen LogP contribution in [-0.2, 0) is 4.74 Å². The Morgan fingerprint density at radius 1 is 1.09 bits per heavy atom. The molecule has 2 rings (SSSR count). The van der Waals surface area contributed by atoms with Crippen LogP contribution in [0.25, 0.3) is 0 Å². The minimum Gasteiger partial charge on any atom is -0.478 e. The van der Waals surface area contributed by atoms with Crippen molar-refractivity contribution in [1.29, 1.82) is 0 Å². The molecule has 7 N–H and O–H groups in total. The molecule has 0 aromatic heterocycles. The molecule has 5 atom stereocenters. The van der Waals surface area contributed by atoms with Crippen LogP contribution in [0.4, 0.5) is 0 Å². The first-order valence-electron chi connectivity index (χ1n) is 6.45. The van der Waals surface area contributed by atoms with E-state index >= 15 is 0 Å². The highest BCUT2D eigenvalue weighted by Gasteiger charge is 2.42. The number of aromatic carboxylic acids is 1. The largest absolute Gasteiger partial charge is 0.478 e. The third kappa shape index (κ3) is 4.84. The first kappa shape index (κ1) is 19.3. The summed E-state index contributed by atoms with van der Waals surface area (Å²) in [5, 5.41) is 61.4. The van der Waals surface area contributed by atoms with Gasteiger partial charge in [-0.1, -0.05) is 12.1 Å². The summed E-state index contributed by atoms with van der Waals surface area (Å²) in [7, 11) is 0. The van der Waals surface area contributed by atoms with Crippen molar-refractivity contribution >= 4 is 5.97 Å². The number of ether oxygens (including phenoxy) is 1. The molecule has 10 heteroatoms. The lowest BCUT2D eigenvalue weighted by Crippen LogP contribution is -2.58. The maximum absolute atomic E-state index is 10.4. The van der Waals surface area contributed by atoms with Crippen LogP contribution in [0.15, 0.2) is 24.3 Å². The maximum atomic E-state index is 10.4. The first-order chi connectivity index (χ1) is 10.8. The summed E-state index contributed by atoms with van der Waals surface area (Å²) in [5.41, 5.74) is -0.0602. The van der Waals surface area contributed by atoms with Crippen molar-refractivity contribution in [2.75, 3.05) is 6.61 Å². The molecule has 1 saturated heterocycles. The van der Waals surface area contributed by atoms with Crippen LogP contribution in [0.5, 0.6) is 5.75 Å². The highest BCUT2D eigenvalue weighted by atomic mass is 17.1. The lowest BCUT2D eigenvalue weighted by atomic mass is 10.00. The molecule has 1 aromatic rings. The quantitative estimate of drug-likeness (QED) is 0.242. The second-order valence-electron chi connectivity index (χ2n) is 4.61. The molecule has 1 fully saturated rings. The molecule has 1 aliphatic rings. The van der Waals surface area contributed by atoms with Gasteiger partial charge in [0, 0.05) is 0 Å². The van der Waals surface area contributed by atoms with E-state index in [4.69, 9.17) is 35.9 Å². The molecule has 1 aromatic carbocycles. The van der Waals surface area contributed by atoms with Crippen LogP contribution in [0.2, 0.25) is 0 Å². The van der Waals surface area contributed by atoms with Crippen molar-refractivity contribution in [3.05, 3.63) is 29.8 Å². The standard InChI is InChI=1S/C7H6O4.C6H12O6/c8-7(9)5-3-1-2-4-6(5)11-10;7-1-2-3(8)4(9)5(10)6(11)12-2/h1-4,10H,(H,8,9);2-11H,1H2/t;2-,3-,4+,5-,6?/m.1/s1. The van der Waals surface area contributed by atoms with Gasteiger partial charge in [0.15, 0.2) is 12.0 Å². The summed E-state index contributed by atoms with van der Waals surface area (Å²) in [6, 6.07) is 5.82. The second kappa shape index (κ2) is 8.74. The Balaban J connectivity index is 0.000000231. The molecule has 23 heavy (non-hydrogen) atoms. The van der Waals surface area contributed by atoms with Gasteiger partial charge >= 0.3 is 5.97 Å². The molecule has 0 amide bonds. The van der Waals surface area contributed by atoms with Gasteiger partial charge in [-0.25, -0.2) is 10.1 Å². The lowest BCUT2D eigenvalue weighted by Gasteiger charge is -2.37. The molecule has 10 nitrogen and oxygen atoms in total. The summed E-state index contributed by atoms with van der Waals surface area (Å²) in [6.45, 7) is -0.526. The van der Waals surface area contributed by atoms with Crippen LogP contribution in [-0.4, -0.2) is 79.2 Å². The van der Waals surface area contributed by atoms with E-state index in [1.807, 2.05) is 0 Å². The van der Waals surface area contributed by atoms with E-state index in [-0.39, 0.29) is 11.3 Å². The second-order valence-corrected chi connectivity index (χ2v) is 4.61. The Bertz CT molecular complexity index is 503. The number of para-hydroxylation sites is 1. The number of carbonyl (C=O) groups is 1. The smallest absolute Gasteiger partial charge is 0.339 e. The number of benzene rings is 1. The maximum Gasteiger partial charge on any atom is 0.339 e. The van der Waals surface area contributed by atoms with Crippen molar-refractivity contribution in [2.24, 2.45) is 0 Å². The van der Waals surface area contributed by atoms with Crippen molar-refractivity contribution in [3.63, 3.8) is 0 Å². The highest BCUT2D eigenvalue weighted by molar-refractivity contribution is 5.90. The summed E-state index contributed by atoms with van der Waals surface area (Å²) < 4.78 is 4.58. The Labute approximate surface area is 130 Å². The van der Waals surface area contributed by atoms with Crippen LogP contribution < -0.4 is 4.89 Å². The molecule has 0 spiro atoms. The molecular formula is C13H18O10. The normalized spacial score (nSPS) is 30.1. The Morgan fingerprint density at radius 2 is 1.70 bits per heavy atom. The number of carboxylic acids is 1. The number of aliphatic hydroxyl groups is 5. The van der Waals surface area contributed by atoms with Crippen molar-refractivity contribution in [2.45, 2.75) is 30.7 Å². The minimum absolute atomic E-state index is 0.0556. The van der Waals surface area contributed by atoms with Crippen LogP contribution >= 0.6 is 0 Å². The SMILES string of the molecule is O=C(O)c1ccccc1OO.OC[C@H]1OC(O)[C@H](O)[C@@H](O)[C@@H]1O. The zero-order valence-corrected chi connectivity index (χ0v) is 11.8. The third-order valence-corrected chi connectivity index (χ3v) is 3.08. The average Bonchev–Trinajstić information content (AvgIpc) is 2.56. The first-order valence-corrected chi connectivity index (χ1v) is 6.45. The molecule has 0 radical (unpaired) electrons. The van der Waals surface area contributed by atoms with Gasteiger partial charge < -0.3 is 40.3 Å². The predicted octanol–water partition coefficient (Wildman–Crippen LogP) is -1.98. The fourth-order valence-electron chi connectivity index (χ4n) is 1.80. The topological polar surface area (TPSA) is 177 Å². The van der Waals surface area contributed by atoms with Gasteiger partial charge in [-0.05, 0) is 12.1 Å². The van der Waals surface area contributed by atoms with E-state index < -0.39 is 43.3 Å². The zero-order valence-electron chi connectivity index (χ0n) is 11.8. The van der Waals surface area contributed by atoms with Gasteiger partial charge in [-0.3, -0.25) is 0 Å². The van der Waals surface area contributed by atoms with Crippen LogP contribution in [0.1, 0.15) is 10.4 Å². The molecule has 1 unspecified atom stereocenters. The van der Waals surface area contributed by atoms with E-state index in [1.54, 1.807) is 12.1 Å². The van der Waals surface area contributed by atoms with Gasteiger partial charge in [0.05, 0.1) is 6.61 Å². The fourth-order valence-corrected chi connectivity index (χ4v) is 1.80. The van der Waals surface area contributed by atoms with E-state index in [0.717, 1.165) is 0 Å². The predicted molar refractivity (Wildman–Crippen MR) is 72.6 cm³/mol. The van der Waals surface area contributed by atoms with Crippen molar-refractivity contribution in [3.8, 4) is 5.75 Å². The van der Waals surface area contributed by atoms with Gasteiger partial charge in [0.25, 0.3) is 0 Å². The van der Waals surface area contributed by atoms with E-state index in [1.165, 1.54) is 12.1 Å². The number of aliphatic hydroxyl groups excluding tert-OH is 5. The molecule has 1 aliphatic heterocycles. The molecule has 0 aliphatic carbocycles. The van der Waals surface area contributed by atoms with Crippen molar-refractivity contribution in [1.82, 2.24) is 0 Å². The van der Waals surface area contributed by atoms with Crippen molar-refractivity contribution < 1.29 is 50.3 Å². The highest BCUT2D eigenvalue weighted by Crippen LogP contribution is 2.19. The van der Waals surface area contributed by atoms with Gasteiger partial charge in [0.1, 0.15) is 30.0 Å². The monoisotopic (exact) mass is 334 g/mol. The molecule has 130 valence electrons. The Kier molecular flexibility index (Phi) is 7.32. The average molecular weight is 334 g/mol. The number of carboxylic acid groups (broad SMARTS) is 1. The summed E-state index contributed by atoms with van der Waals surface area (Å²) in [4.78, 5) is 14.2. The van der Waals surface area contributed by atoms with E-state index in [9.17, 15) is 4.79 Å². The van der Waals surface area contributed by atoms with Crippen LogP contribution in [0.3, 0.4) is 0 Å². The van der Waals surface area contributed by atoms with Crippen LogP contribution in [0, 0.1) is 0 Å². The summed E-state index contributed by atoms with van der Waals surface area (Å²) in [6.07, 6.45) is -7.04. The van der Waals surface area contributed by atoms with E-state index in [2.05, 4.69) is 9.62 Å². The fraction of sp³-hybridized carbons (Fsp3) is 0.462. The number of hydrogen-bond acceptors (Lipinski definition) is 9. The van der Waals surface area contributed by atoms with Gasteiger partial charge in [0.2, 0.25) is 0 Å². The number of rotatable bonds is 3. The zero-order chi connectivity index (χ0) is 17.6. The van der Waals surface area contributed by atoms with Gasteiger partial charge in [-0.15, -0.1) is 0 Å². The van der Waals surface area contributed by atoms with Gasteiger partial charge in [-0.2, -0.15) is 0 Å². The number of hydrogen-bond donors (Lipinski definition) is 7. The molecular weight excluding hydrogens is 316 g/mol. The Morgan fingerprint density at radius 3 is 2.17 bits per heavy atom. The molecule has 0 bridgehead atoms. The van der Waals surface area contributed by atoms with E-state index in [0.29, 0.717) is 0 Å². The Hall–Kier alpha value is -1.79. The third-order valence-electron chi connectivity index (χ3n) is 3.08. The summed E-state index contributed by atoms with van der Waals surface area (Å²) >= 11 is 0. The molecule has 0 saturated carbocycles. The molecule has 1 heterocycles. The summed E-state index contributed by atoms with van der Waals surface area (Å²) in [5.74, 6) is -1.19. The lowest BCUT2D eigenvalue weighted by molar-refractivity contribution is -0.286. The minimum atomic E-state index is -1.57.